The quantitative estimate of drug-likeness (QED) is 0.812. The van der Waals surface area contributed by atoms with Gasteiger partial charge in [0, 0.05) is 31.3 Å². The molecule has 1 aromatic rings. The van der Waals surface area contributed by atoms with E-state index in [1.807, 2.05) is 0 Å². The second-order valence-corrected chi connectivity index (χ2v) is 8.01. The minimum Gasteiger partial charge on any atom is -0.396 e. The van der Waals surface area contributed by atoms with E-state index in [1.54, 1.807) is 0 Å². The van der Waals surface area contributed by atoms with Gasteiger partial charge in [0.15, 0.2) is 0 Å². The molecule has 0 saturated carbocycles. The third-order valence-electron chi connectivity index (χ3n) is 3.60. The number of sulfonamides is 1. The van der Waals surface area contributed by atoms with E-state index >= 15 is 0 Å². The van der Waals surface area contributed by atoms with Crippen molar-refractivity contribution in [2.45, 2.75) is 17.7 Å². The van der Waals surface area contributed by atoms with Crippen molar-refractivity contribution in [3.63, 3.8) is 0 Å². The largest absolute Gasteiger partial charge is 0.396 e. The van der Waals surface area contributed by atoms with E-state index in [9.17, 15) is 12.8 Å². The average molecular weight is 381 g/mol. The van der Waals surface area contributed by atoms with E-state index in [4.69, 9.17) is 10.5 Å². The number of nitrogen functional groups attached to an aromatic ring is 1. The van der Waals surface area contributed by atoms with Crippen LogP contribution in [0, 0.1) is 11.7 Å². The lowest BCUT2D eigenvalue weighted by atomic mass is 10.0. The first kappa shape index (κ1) is 16.7. The van der Waals surface area contributed by atoms with Crippen LogP contribution < -0.4 is 5.73 Å². The molecule has 1 saturated heterocycles. The average Bonchev–Trinajstić information content (AvgIpc) is 2.43. The van der Waals surface area contributed by atoms with Crippen molar-refractivity contribution >= 4 is 31.6 Å². The molecule has 0 aliphatic carbocycles. The standard InChI is InChI=1S/C13H18BrFN2O3S/c1-17(8-9-2-4-20-5-3-9)21(18,19)13-7-12(16)11(15)6-10(13)14/h6-7,9H,2-5,8,16H2,1H3. The van der Waals surface area contributed by atoms with E-state index in [0.717, 1.165) is 25.0 Å². The third-order valence-corrected chi connectivity index (χ3v) is 6.38. The topological polar surface area (TPSA) is 72.6 Å². The molecule has 0 bridgehead atoms. The van der Waals surface area contributed by atoms with Gasteiger partial charge >= 0.3 is 0 Å². The van der Waals surface area contributed by atoms with Crippen LogP contribution in [0.4, 0.5) is 10.1 Å². The van der Waals surface area contributed by atoms with Gasteiger partial charge in [0.2, 0.25) is 10.0 Å². The molecule has 118 valence electrons. The molecule has 0 radical (unpaired) electrons. The summed E-state index contributed by atoms with van der Waals surface area (Å²) in [7, 11) is -2.18. The normalized spacial score (nSPS) is 17.3. The van der Waals surface area contributed by atoms with Gasteiger partial charge in [-0.1, -0.05) is 0 Å². The second kappa shape index (κ2) is 6.60. The molecule has 2 N–H and O–H groups in total. The number of ether oxygens (including phenoxy) is 1. The van der Waals surface area contributed by atoms with E-state index < -0.39 is 15.8 Å². The van der Waals surface area contributed by atoms with Crippen molar-refractivity contribution in [3.05, 3.63) is 22.4 Å². The molecule has 0 atom stereocenters. The number of anilines is 1. The van der Waals surface area contributed by atoms with Gasteiger partial charge in [0.05, 0.1) is 10.6 Å². The number of hydrogen-bond donors (Lipinski definition) is 1. The molecule has 5 nitrogen and oxygen atoms in total. The van der Waals surface area contributed by atoms with Crippen molar-refractivity contribution in [3.8, 4) is 0 Å². The Morgan fingerprint density at radius 3 is 2.67 bits per heavy atom. The summed E-state index contributed by atoms with van der Waals surface area (Å²) in [5, 5.41) is 0. The number of benzene rings is 1. The molecule has 0 spiro atoms. The highest BCUT2D eigenvalue weighted by molar-refractivity contribution is 9.10. The second-order valence-electron chi connectivity index (χ2n) is 5.15. The van der Waals surface area contributed by atoms with Crippen LogP contribution in [0.15, 0.2) is 21.5 Å². The van der Waals surface area contributed by atoms with Gasteiger partial charge < -0.3 is 10.5 Å². The fraction of sp³-hybridized carbons (Fsp3) is 0.538. The zero-order valence-corrected chi connectivity index (χ0v) is 14.1. The van der Waals surface area contributed by atoms with E-state index in [0.29, 0.717) is 19.8 Å². The molecule has 1 aliphatic heterocycles. The molecular weight excluding hydrogens is 363 g/mol. The number of rotatable bonds is 4. The summed E-state index contributed by atoms with van der Waals surface area (Å²) in [6.07, 6.45) is 1.68. The maximum absolute atomic E-state index is 13.3. The summed E-state index contributed by atoms with van der Waals surface area (Å²) in [6, 6.07) is 2.22. The first-order valence-corrected chi connectivity index (χ1v) is 8.84. The van der Waals surface area contributed by atoms with Crippen LogP contribution in [0.5, 0.6) is 0 Å². The number of nitrogens with two attached hydrogens (primary N) is 1. The lowest BCUT2D eigenvalue weighted by Gasteiger charge is -2.27. The molecule has 0 aromatic heterocycles. The predicted molar refractivity (Wildman–Crippen MR) is 81.9 cm³/mol. The number of halogens is 2. The Kier molecular flexibility index (Phi) is 5.24. The van der Waals surface area contributed by atoms with E-state index in [1.165, 1.54) is 11.4 Å². The minimum atomic E-state index is -3.71. The van der Waals surface area contributed by atoms with Crippen molar-refractivity contribution in [2.24, 2.45) is 5.92 Å². The monoisotopic (exact) mass is 380 g/mol. The van der Waals surface area contributed by atoms with Gasteiger partial charge in [-0.15, -0.1) is 0 Å². The first-order valence-electron chi connectivity index (χ1n) is 6.61. The van der Waals surface area contributed by atoms with Crippen molar-refractivity contribution in [2.75, 3.05) is 32.5 Å². The molecule has 0 amide bonds. The third kappa shape index (κ3) is 3.74. The summed E-state index contributed by atoms with van der Waals surface area (Å²) in [5.41, 5.74) is 5.29. The van der Waals surface area contributed by atoms with Crippen LogP contribution >= 0.6 is 15.9 Å². The lowest BCUT2D eigenvalue weighted by Crippen LogP contribution is -2.34. The van der Waals surface area contributed by atoms with Gasteiger partial charge in [0.1, 0.15) is 5.82 Å². The Morgan fingerprint density at radius 2 is 2.05 bits per heavy atom. The predicted octanol–water partition coefficient (Wildman–Crippen LogP) is 2.22. The zero-order chi connectivity index (χ0) is 15.6. The molecule has 1 fully saturated rings. The van der Waals surface area contributed by atoms with Crippen LogP contribution in [-0.2, 0) is 14.8 Å². The van der Waals surface area contributed by atoms with Gasteiger partial charge in [-0.05, 0) is 46.8 Å². The summed E-state index contributed by atoms with van der Waals surface area (Å²) >= 11 is 3.09. The Labute approximate surface area is 132 Å². The molecule has 8 heteroatoms. The number of nitrogens with zero attached hydrogens (tertiary/aromatic N) is 1. The van der Waals surface area contributed by atoms with Gasteiger partial charge in [-0.3, -0.25) is 0 Å². The van der Waals surface area contributed by atoms with Gasteiger partial charge in [-0.2, -0.15) is 0 Å². The molecule has 1 aliphatic rings. The van der Waals surface area contributed by atoms with Crippen molar-refractivity contribution in [1.82, 2.24) is 4.31 Å². The van der Waals surface area contributed by atoms with Crippen LogP contribution in [0.25, 0.3) is 0 Å². The van der Waals surface area contributed by atoms with Crippen LogP contribution in [-0.4, -0.2) is 39.5 Å². The molecule has 21 heavy (non-hydrogen) atoms. The van der Waals surface area contributed by atoms with E-state index in [2.05, 4.69) is 15.9 Å². The highest BCUT2D eigenvalue weighted by Gasteiger charge is 2.27. The van der Waals surface area contributed by atoms with Gasteiger partial charge in [0.25, 0.3) is 0 Å². The fourth-order valence-corrected chi connectivity index (χ4v) is 4.55. The first-order chi connectivity index (χ1) is 9.82. The maximum atomic E-state index is 13.3. The summed E-state index contributed by atoms with van der Waals surface area (Å²) in [4.78, 5) is -0.0176. The molecule has 0 unspecified atom stereocenters. The summed E-state index contributed by atoms with van der Waals surface area (Å²) < 4.78 is 45.2. The minimum absolute atomic E-state index is 0.0176. The van der Waals surface area contributed by atoms with Crippen molar-refractivity contribution in [1.29, 1.82) is 0 Å². The number of hydrogen-bond acceptors (Lipinski definition) is 4. The van der Waals surface area contributed by atoms with Crippen LogP contribution in [0.3, 0.4) is 0 Å². The van der Waals surface area contributed by atoms with E-state index in [-0.39, 0.29) is 21.0 Å². The Balaban J connectivity index is 2.22. The maximum Gasteiger partial charge on any atom is 0.244 e. The SMILES string of the molecule is CN(CC1CCOCC1)S(=O)(=O)c1cc(N)c(F)cc1Br. The highest BCUT2D eigenvalue weighted by atomic mass is 79.9. The lowest BCUT2D eigenvalue weighted by molar-refractivity contribution is 0.0620. The Hall–Kier alpha value is -0.700. The smallest absolute Gasteiger partial charge is 0.244 e. The summed E-state index contributed by atoms with van der Waals surface area (Å²) in [6.45, 7) is 1.73. The molecule has 1 heterocycles. The molecule has 1 aromatic carbocycles. The van der Waals surface area contributed by atoms with Gasteiger partial charge in [-0.25, -0.2) is 17.1 Å². The van der Waals surface area contributed by atoms with Crippen molar-refractivity contribution < 1.29 is 17.5 Å². The fourth-order valence-electron chi connectivity index (χ4n) is 2.30. The molecular formula is C13H18BrFN2O3S. The highest BCUT2D eigenvalue weighted by Crippen LogP contribution is 2.29. The van der Waals surface area contributed by atoms with Crippen LogP contribution in [0.1, 0.15) is 12.8 Å². The van der Waals surface area contributed by atoms with Crippen LogP contribution in [0.2, 0.25) is 0 Å². The summed E-state index contributed by atoms with van der Waals surface area (Å²) in [5.74, 6) is -0.372. The molecule has 2 rings (SSSR count). The Morgan fingerprint density at radius 1 is 1.43 bits per heavy atom. The Bertz CT molecular complexity index is 618. The zero-order valence-electron chi connectivity index (χ0n) is 11.7.